The molecule has 2 aromatic carbocycles. The van der Waals surface area contributed by atoms with Gasteiger partial charge in [0.05, 0.1) is 0 Å². The van der Waals surface area contributed by atoms with Gasteiger partial charge in [-0.15, -0.1) is 0 Å². The predicted molar refractivity (Wildman–Crippen MR) is 103 cm³/mol. The van der Waals surface area contributed by atoms with Crippen molar-refractivity contribution in [1.82, 2.24) is 4.90 Å². The molecule has 1 aliphatic rings. The average molecular weight is 401 g/mol. The van der Waals surface area contributed by atoms with Gasteiger partial charge < -0.3 is 10.2 Å². The molecule has 0 aromatic heterocycles. The van der Waals surface area contributed by atoms with E-state index < -0.39 is 0 Å². The summed E-state index contributed by atoms with van der Waals surface area (Å²) in [6, 6.07) is 15.2. The Hall–Kier alpha value is -2.14. The number of rotatable bonds is 3. The smallest absolute Gasteiger partial charge is 0.253 e. The van der Waals surface area contributed by atoms with E-state index in [-0.39, 0.29) is 17.7 Å². The highest BCUT2D eigenvalue weighted by molar-refractivity contribution is 9.10. The van der Waals surface area contributed by atoms with Crippen molar-refractivity contribution in [3.63, 3.8) is 0 Å². The molecule has 1 N–H and O–H groups in total. The zero-order chi connectivity index (χ0) is 17.8. The summed E-state index contributed by atoms with van der Waals surface area (Å²) in [5, 5.41) is 3.01. The molecule has 0 unspecified atom stereocenters. The van der Waals surface area contributed by atoms with Crippen molar-refractivity contribution < 1.29 is 9.59 Å². The molecule has 0 saturated carbocycles. The SMILES string of the molecule is Cc1ccccc1NC(=O)C1CCN(C(=O)c2ccc(Br)cc2)CC1. The molecular weight excluding hydrogens is 380 g/mol. The zero-order valence-corrected chi connectivity index (χ0v) is 15.8. The minimum Gasteiger partial charge on any atom is -0.339 e. The first-order valence-electron chi connectivity index (χ1n) is 8.46. The lowest BCUT2D eigenvalue weighted by molar-refractivity contribution is -0.121. The monoisotopic (exact) mass is 400 g/mol. The number of carbonyl (C=O) groups excluding carboxylic acids is 2. The average Bonchev–Trinajstić information content (AvgIpc) is 2.64. The maximum absolute atomic E-state index is 12.5. The van der Waals surface area contributed by atoms with Crippen molar-refractivity contribution in [2.75, 3.05) is 18.4 Å². The highest BCUT2D eigenvalue weighted by atomic mass is 79.9. The van der Waals surface area contributed by atoms with Gasteiger partial charge in [-0.1, -0.05) is 34.1 Å². The number of para-hydroxylation sites is 1. The van der Waals surface area contributed by atoms with E-state index in [1.54, 1.807) is 0 Å². The van der Waals surface area contributed by atoms with Gasteiger partial charge in [-0.05, 0) is 55.7 Å². The molecule has 0 aliphatic carbocycles. The number of nitrogens with one attached hydrogen (secondary N) is 1. The van der Waals surface area contributed by atoms with E-state index in [9.17, 15) is 9.59 Å². The highest BCUT2D eigenvalue weighted by Gasteiger charge is 2.28. The van der Waals surface area contributed by atoms with Gasteiger partial charge in [-0.2, -0.15) is 0 Å². The van der Waals surface area contributed by atoms with Gasteiger partial charge >= 0.3 is 0 Å². The topological polar surface area (TPSA) is 49.4 Å². The summed E-state index contributed by atoms with van der Waals surface area (Å²) in [5.74, 6) is 0.0314. The Bertz CT molecular complexity index is 766. The van der Waals surface area contributed by atoms with E-state index in [0.717, 1.165) is 15.7 Å². The van der Waals surface area contributed by atoms with Gasteiger partial charge in [0, 0.05) is 34.7 Å². The van der Waals surface area contributed by atoms with Crippen LogP contribution in [0.2, 0.25) is 0 Å². The first kappa shape index (κ1) is 17.7. The summed E-state index contributed by atoms with van der Waals surface area (Å²) in [4.78, 5) is 26.9. The molecule has 1 heterocycles. The minimum atomic E-state index is -0.0476. The van der Waals surface area contributed by atoms with Gasteiger partial charge in [0.25, 0.3) is 5.91 Å². The Morgan fingerprint density at radius 2 is 1.68 bits per heavy atom. The van der Waals surface area contributed by atoms with Crippen LogP contribution in [0.5, 0.6) is 0 Å². The van der Waals surface area contributed by atoms with Crippen molar-refractivity contribution >= 4 is 33.4 Å². The number of benzene rings is 2. The predicted octanol–water partition coefficient (Wildman–Crippen LogP) is 4.25. The quantitative estimate of drug-likeness (QED) is 0.836. The maximum Gasteiger partial charge on any atom is 0.253 e. The normalized spacial score (nSPS) is 15.0. The van der Waals surface area contributed by atoms with Crippen molar-refractivity contribution in [2.45, 2.75) is 19.8 Å². The molecular formula is C20H21BrN2O2. The number of aryl methyl sites for hydroxylation is 1. The van der Waals surface area contributed by atoms with Gasteiger partial charge in [0.2, 0.25) is 5.91 Å². The molecule has 2 aromatic rings. The summed E-state index contributed by atoms with van der Waals surface area (Å²) in [6.07, 6.45) is 1.39. The summed E-state index contributed by atoms with van der Waals surface area (Å²) < 4.78 is 0.954. The molecule has 1 aliphatic heterocycles. The number of anilines is 1. The summed E-state index contributed by atoms with van der Waals surface area (Å²) in [6.45, 7) is 3.20. The maximum atomic E-state index is 12.5. The molecule has 1 fully saturated rings. The van der Waals surface area contributed by atoms with Crippen molar-refractivity contribution in [1.29, 1.82) is 0 Å². The molecule has 3 rings (SSSR count). The van der Waals surface area contributed by atoms with Crippen LogP contribution in [0.15, 0.2) is 53.0 Å². The van der Waals surface area contributed by atoms with Gasteiger partial charge in [-0.3, -0.25) is 9.59 Å². The third-order valence-corrected chi connectivity index (χ3v) is 5.18. The lowest BCUT2D eigenvalue weighted by Gasteiger charge is -2.31. The molecule has 0 spiro atoms. The van der Waals surface area contributed by atoms with Crippen molar-refractivity contribution in [3.05, 3.63) is 64.1 Å². The Morgan fingerprint density at radius 3 is 2.32 bits per heavy atom. The largest absolute Gasteiger partial charge is 0.339 e. The lowest BCUT2D eigenvalue weighted by Crippen LogP contribution is -2.41. The number of amides is 2. The minimum absolute atomic E-state index is 0.0326. The zero-order valence-electron chi connectivity index (χ0n) is 14.2. The fourth-order valence-electron chi connectivity index (χ4n) is 3.07. The van der Waals surface area contributed by atoms with Crippen LogP contribution in [0.4, 0.5) is 5.69 Å². The number of carbonyl (C=O) groups is 2. The van der Waals surface area contributed by atoms with Gasteiger partial charge in [0.1, 0.15) is 0 Å². The van der Waals surface area contributed by atoms with Crippen LogP contribution in [0, 0.1) is 12.8 Å². The van der Waals surface area contributed by atoms with Crippen molar-refractivity contribution in [2.24, 2.45) is 5.92 Å². The number of likely N-dealkylation sites (tertiary alicyclic amines) is 1. The Kier molecular flexibility index (Phi) is 5.53. The molecule has 4 nitrogen and oxygen atoms in total. The third kappa shape index (κ3) is 4.28. The number of piperidine rings is 1. The summed E-state index contributed by atoms with van der Waals surface area (Å²) >= 11 is 3.38. The standard InChI is InChI=1S/C20H21BrN2O2/c1-14-4-2-3-5-18(14)22-19(24)15-10-12-23(13-11-15)20(25)16-6-8-17(21)9-7-16/h2-9,15H,10-13H2,1H3,(H,22,24). The second-order valence-electron chi connectivity index (χ2n) is 6.38. The molecule has 2 amide bonds. The number of hydrogen-bond acceptors (Lipinski definition) is 2. The molecule has 0 radical (unpaired) electrons. The second-order valence-corrected chi connectivity index (χ2v) is 7.29. The van der Waals surface area contributed by atoms with Gasteiger partial charge in [0.15, 0.2) is 0 Å². The molecule has 0 bridgehead atoms. The van der Waals surface area contributed by atoms with Crippen LogP contribution in [0.1, 0.15) is 28.8 Å². The van der Waals surface area contributed by atoms with Crippen LogP contribution in [0.3, 0.4) is 0 Å². The Labute approximate surface area is 156 Å². The number of halogens is 1. The Balaban J connectivity index is 1.56. The second kappa shape index (κ2) is 7.83. The Morgan fingerprint density at radius 1 is 1.04 bits per heavy atom. The van der Waals surface area contributed by atoms with E-state index in [1.165, 1.54) is 0 Å². The molecule has 1 saturated heterocycles. The van der Waals surface area contributed by atoms with E-state index in [4.69, 9.17) is 0 Å². The fraction of sp³-hybridized carbons (Fsp3) is 0.300. The van der Waals surface area contributed by atoms with Gasteiger partial charge in [-0.25, -0.2) is 0 Å². The number of nitrogens with zero attached hydrogens (tertiary/aromatic N) is 1. The first-order chi connectivity index (χ1) is 12.0. The molecule has 25 heavy (non-hydrogen) atoms. The molecule has 0 atom stereocenters. The third-order valence-electron chi connectivity index (χ3n) is 4.65. The number of hydrogen-bond donors (Lipinski definition) is 1. The molecule has 5 heteroatoms. The molecule has 130 valence electrons. The van der Waals surface area contributed by atoms with Crippen LogP contribution < -0.4 is 5.32 Å². The summed E-state index contributed by atoms with van der Waals surface area (Å²) in [5.41, 5.74) is 2.60. The van der Waals surface area contributed by atoms with Crippen LogP contribution >= 0.6 is 15.9 Å². The van der Waals surface area contributed by atoms with E-state index in [1.807, 2.05) is 60.4 Å². The van der Waals surface area contributed by atoms with Crippen LogP contribution in [-0.4, -0.2) is 29.8 Å². The first-order valence-corrected chi connectivity index (χ1v) is 9.25. The van der Waals surface area contributed by atoms with E-state index in [0.29, 0.717) is 31.5 Å². The lowest BCUT2D eigenvalue weighted by atomic mass is 9.95. The van der Waals surface area contributed by atoms with E-state index in [2.05, 4.69) is 21.2 Å². The van der Waals surface area contributed by atoms with E-state index >= 15 is 0 Å². The van der Waals surface area contributed by atoms with Crippen molar-refractivity contribution in [3.8, 4) is 0 Å². The van der Waals surface area contributed by atoms with Crippen LogP contribution in [0.25, 0.3) is 0 Å². The van der Waals surface area contributed by atoms with Crippen LogP contribution in [-0.2, 0) is 4.79 Å². The highest BCUT2D eigenvalue weighted by Crippen LogP contribution is 2.22. The summed E-state index contributed by atoms with van der Waals surface area (Å²) in [7, 11) is 0. The fourth-order valence-corrected chi connectivity index (χ4v) is 3.33.